The van der Waals surface area contributed by atoms with Gasteiger partial charge in [0.15, 0.2) is 0 Å². The summed E-state index contributed by atoms with van der Waals surface area (Å²) in [5.74, 6) is 0. The van der Waals surface area contributed by atoms with E-state index in [9.17, 15) is 0 Å². The van der Waals surface area contributed by atoms with Crippen LogP contribution in [0.3, 0.4) is 0 Å². The van der Waals surface area contributed by atoms with E-state index in [1.54, 1.807) is 0 Å². The minimum atomic E-state index is 0.153. The number of hydrogen-bond acceptors (Lipinski definition) is 3. The van der Waals surface area contributed by atoms with Crippen molar-refractivity contribution in [3.8, 4) is 0 Å². The molecule has 1 N–H and O–H groups in total. The van der Waals surface area contributed by atoms with E-state index in [0.29, 0.717) is 0 Å². The molecule has 6 heteroatoms. The summed E-state index contributed by atoms with van der Waals surface area (Å²) in [6, 6.07) is 9.08. The third-order valence-electron chi connectivity index (χ3n) is 5.13. The molecule has 0 saturated carbocycles. The first kappa shape index (κ1) is 27.9. The maximum absolute atomic E-state index is 4.92. The summed E-state index contributed by atoms with van der Waals surface area (Å²) in [6.07, 6.45) is 2.00. The van der Waals surface area contributed by atoms with Crippen LogP contribution in [-0.2, 0) is 13.1 Å². The second-order valence-corrected chi connectivity index (χ2v) is 10.1. The van der Waals surface area contributed by atoms with E-state index in [1.807, 2.05) is 6.21 Å². The molecule has 2 aromatic rings. The van der Waals surface area contributed by atoms with E-state index >= 15 is 0 Å². The Balaban J connectivity index is 0.00000151. The van der Waals surface area contributed by atoms with E-state index in [-0.39, 0.29) is 25.2 Å². The molecule has 0 radical (unpaired) electrons. The van der Waals surface area contributed by atoms with E-state index in [1.165, 1.54) is 33.4 Å². The van der Waals surface area contributed by atoms with Gasteiger partial charge in [-0.2, -0.15) is 0 Å². The maximum atomic E-state index is 4.92. The number of aryl methyl sites for hydroxylation is 6. The fourth-order valence-corrected chi connectivity index (χ4v) is 3.74. The van der Waals surface area contributed by atoms with Crippen LogP contribution in [-0.4, -0.2) is 24.0 Å². The summed E-state index contributed by atoms with van der Waals surface area (Å²) in [4.78, 5) is 9.67. The first-order valence-electron chi connectivity index (χ1n) is 10.4. The number of nitrogens with zero attached hydrogens (tertiary/aromatic N) is 2. The average Bonchev–Trinajstić information content (AvgIpc) is 2.64. The van der Waals surface area contributed by atoms with Gasteiger partial charge in [-0.05, 0) is 84.6 Å². The van der Waals surface area contributed by atoms with Crippen LogP contribution >= 0.6 is 20.2 Å². The molecule has 0 aliphatic rings. The van der Waals surface area contributed by atoms with Crippen molar-refractivity contribution in [3.05, 3.63) is 57.6 Å². The Morgan fingerprint density at radius 1 is 0.839 bits per heavy atom. The fourth-order valence-electron chi connectivity index (χ4n) is 3.74. The number of halogens is 2. The van der Waals surface area contributed by atoms with Crippen molar-refractivity contribution >= 4 is 43.5 Å². The molecule has 0 spiro atoms. The van der Waals surface area contributed by atoms with Gasteiger partial charge in [0.1, 0.15) is 0 Å². The Morgan fingerprint density at radius 3 is 1.65 bits per heavy atom. The van der Waals surface area contributed by atoms with Gasteiger partial charge in [0.2, 0.25) is 0 Å². The predicted octanol–water partition coefficient (Wildman–Crippen LogP) is 7.78. The quantitative estimate of drug-likeness (QED) is 0.317. The summed E-state index contributed by atoms with van der Waals surface area (Å²) >= 11 is 0.194. The topological polar surface area (TPSA) is 36.8 Å². The number of rotatable bonds is 6. The molecule has 0 aliphatic carbocycles. The van der Waals surface area contributed by atoms with Gasteiger partial charge in [-0.15, -0.1) is 0 Å². The van der Waals surface area contributed by atoms with Gasteiger partial charge in [-0.3, -0.25) is 9.98 Å². The minimum absolute atomic E-state index is 0.153. The van der Waals surface area contributed by atoms with Crippen molar-refractivity contribution in [1.82, 2.24) is 5.32 Å². The zero-order valence-corrected chi connectivity index (χ0v) is 22.7. The third-order valence-corrected chi connectivity index (χ3v) is 5.13. The van der Waals surface area contributed by atoms with E-state index in [0.717, 1.165) is 17.1 Å². The van der Waals surface area contributed by atoms with Crippen LogP contribution in [0.2, 0.25) is 0 Å². The molecule has 2 rings (SSSR count). The van der Waals surface area contributed by atoms with Crippen LogP contribution in [0.15, 0.2) is 34.3 Å². The van der Waals surface area contributed by atoms with Crippen LogP contribution in [0.5, 0.6) is 0 Å². The van der Waals surface area contributed by atoms with Gasteiger partial charge >= 0.3 is 33.3 Å². The van der Waals surface area contributed by atoms with Gasteiger partial charge < -0.3 is 5.32 Å². The van der Waals surface area contributed by atoms with Crippen molar-refractivity contribution < 1.29 is 13.1 Å². The SMILES string of the molecule is CC(=Nc1c(C)cc(C)cc1C)C(C)NC(C)C=Nc1c(C)cc(C)cc1C.[Cl][Fe][Cl]. The van der Waals surface area contributed by atoms with E-state index < -0.39 is 0 Å². The molecule has 0 aromatic heterocycles. The molecule has 0 amide bonds. The molecule has 2 atom stereocenters. The molecule has 2 unspecified atom stereocenters. The van der Waals surface area contributed by atoms with E-state index in [2.05, 4.69) is 91.9 Å². The summed E-state index contributed by atoms with van der Waals surface area (Å²) in [5, 5.41) is 3.59. The molecule has 0 heterocycles. The van der Waals surface area contributed by atoms with Gasteiger partial charge in [0.25, 0.3) is 0 Å². The van der Waals surface area contributed by atoms with E-state index in [4.69, 9.17) is 30.2 Å². The molecule has 2 aromatic carbocycles. The normalized spacial score (nSPS) is 13.8. The molecule has 3 nitrogen and oxygen atoms in total. The van der Waals surface area contributed by atoms with Crippen molar-refractivity contribution in [2.45, 2.75) is 74.4 Å². The van der Waals surface area contributed by atoms with Crippen molar-refractivity contribution in [2.75, 3.05) is 0 Å². The van der Waals surface area contributed by atoms with Gasteiger partial charge in [-0.1, -0.05) is 35.4 Å². The van der Waals surface area contributed by atoms with Gasteiger partial charge in [-0.25, -0.2) is 0 Å². The average molecular weight is 504 g/mol. The first-order valence-corrected chi connectivity index (χ1v) is 13.4. The van der Waals surface area contributed by atoms with Crippen molar-refractivity contribution in [3.63, 3.8) is 0 Å². The molecule has 0 bridgehead atoms. The second kappa shape index (κ2) is 13.4. The second-order valence-electron chi connectivity index (χ2n) is 8.25. The summed E-state index contributed by atoms with van der Waals surface area (Å²) in [6.45, 7) is 19.1. The summed E-state index contributed by atoms with van der Waals surface area (Å²) in [5.41, 5.74) is 10.7. The first-order chi connectivity index (χ1) is 14.5. The van der Waals surface area contributed by atoms with Crippen LogP contribution in [0.4, 0.5) is 11.4 Å². The molecule has 0 saturated heterocycles. The Hall–Kier alpha value is -1.16. The number of aliphatic imine (C=N–C) groups is 2. The summed E-state index contributed by atoms with van der Waals surface area (Å²) in [7, 11) is 9.53. The Bertz CT molecular complexity index is 892. The van der Waals surface area contributed by atoms with Crippen LogP contribution in [0.1, 0.15) is 54.2 Å². The molecule has 31 heavy (non-hydrogen) atoms. The molecular weight excluding hydrogens is 469 g/mol. The fraction of sp³-hybridized carbons (Fsp3) is 0.440. The van der Waals surface area contributed by atoms with Gasteiger partial charge in [0.05, 0.1) is 11.4 Å². The van der Waals surface area contributed by atoms with Crippen molar-refractivity contribution in [2.24, 2.45) is 9.98 Å². The third kappa shape index (κ3) is 9.08. The zero-order valence-electron chi connectivity index (χ0n) is 20.0. The summed E-state index contributed by atoms with van der Waals surface area (Å²) < 4.78 is 0. The zero-order chi connectivity index (χ0) is 23.7. The van der Waals surface area contributed by atoms with Crippen LogP contribution < -0.4 is 5.32 Å². The Kier molecular flexibility index (Phi) is 12.0. The Morgan fingerprint density at radius 2 is 1.23 bits per heavy atom. The monoisotopic (exact) mass is 503 g/mol. The van der Waals surface area contributed by atoms with Crippen LogP contribution in [0.25, 0.3) is 0 Å². The predicted molar refractivity (Wildman–Crippen MR) is 136 cm³/mol. The standard InChI is InChI=1S/C25H35N3.2ClH.Fe/c1-15-10-17(3)24(18(4)11-15)26-14-21(7)27-22(8)23(9)28-25-19(5)12-16(2)13-20(25)6;;;/h10-14,21-22,27H,1-9H3;2*1H;/q;;;+2/p-2. The van der Waals surface area contributed by atoms with Gasteiger partial charge in [0, 0.05) is 24.0 Å². The molecule has 172 valence electrons. The molecular formula is C25H35Cl2FeN3. The molecule has 0 aliphatic heterocycles. The number of benzene rings is 2. The Labute approximate surface area is 203 Å². The molecule has 0 fully saturated rings. The number of nitrogens with one attached hydrogen (secondary N) is 1. The van der Waals surface area contributed by atoms with Crippen LogP contribution in [0, 0.1) is 41.5 Å². The number of hydrogen-bond donors (Lipinski definition) is 1. The van der Waals surface area contributed by atoms with Crippen molar-refractivity contribution in [1.29, 1.82) is 0 Å².